The smallest absolute Gasteiger partial charge is 0.299 e. The van der Waals surface area contributed by atoms with Gasteiger partial charge in [0.1, 0.15) is 5.69 Å². The molecule has 7 heteroatoms. The van der Waals surface area contributed by atoms with Crippen LogP contribution in [0.15, 0.2) is 18.2 Å². The Hall–Kier alpha value is -2.18. The predicted octanol–water partition coefficient (Wildman–Crippen LogP) is 3.49. The normalized spacial score (nSPS) is 11.1. The molecule has 0 spiro atoms. The van der Waals surface area contributed by atoms with Gasteiger partial charge >= 0.3 is 0 Å². The monoisotopic (exact) mass is 267 g/mol. The van der Waals surface area contributed by atoms with E-state index < -0.39 is 9.85 Å². The molecule has 0 aromatic heterocycles. The van der Waals surface area contributed by atoms with Crippen molar-refractivity contribution in [1.82, 2.24) is 0 Å². The molecule has 19 heavy (non-hydrogen) atoms. The number of nitro groups is 2. The minimum atomic E-state index is -0.645. The van der Waals surface area contributed by atoms with Crippen molar-refractivity contribution in [3.8, 4) is 0 Å². The van der Waals surface area contributed by atoms with Crippen LogP contribution in [-0.2, 0) is 0 Å². The first-order chi connectivity index (χ1) is 8.76. The van der Waals surface area contributed by atoms with Crippen LogP contribution in [0.2, 0.25) is 0 Å². The molecule has 0 saturated carbocycles. The number of hydrogen-bond donors (Lipinski definition) is 1. The Morgan fingerprint density at radius 1 is 1.21 bits per heavy atom. The number of benzene rings is 1. The summed E-state index contributed by atoms with van der Waals surface area (Å²) in [6, 6.07) is 3.62. The molecule has 0 heterocycles. The molecule has 0 radical (unpaired) electrons. The van der Waals surface area contributed by atoms with Crippen LogP contribution >= 0.6 is 0 Å². The van der Waals surface area contributed by atoms with Gasteiger partial charge in [0.25, 0.3) is 11.4 Å². The third-order valence-electron chi connectivity index (χ3n) is 2.74. The molecular weight excluding hydrogens is 250 g/mol. The topological polar surface area (TPSA) is 98.3 Å². The van der Waals surface area contributed by atoms with Gasteiger partial charge < -0.3 is 5.32 Å². The summed E-state index contributed by atoms with van der Waals surface area (Å²) in [6.45, 7) is 5.89. The van der Waals surface area contributed by atoms with Gasteiger partial charge in [-0.05, 0) is 26.3 Å². The molecule has 0 aliphatic carbocycles. The van der Waals surface area contributed by atoms with Crippen molar-refractivity contribution >= 4 is 17.1 Å². The average Bonchev–Trinajstić information content (AvgIpc) is 2.27. The molecule has 1 N–H and O–H groups in total. The van der Waals surface area contributed by atoms with E-state index in [4.69, 9.17) is 0 Å². The van der Waals surface area contributed by atoms with Crippen molar-refractivity contribution in [2.45, 2.75) is 39.2 Å². The Bertz CT molecular complexity index is 500. The molecule has 0 fully saturated rings. The van der Waals surface area contributed by atoms with Gasteiger partial charge in [-0.2, -0.15) is 0 Å². The zero-order valence-corrected chi connectivity index (χ0v) is 11.2. The number of rotatable bonds is 6. The van der Waals surface area contributed by atoms with Crippen LogP contribution < -0.4 is 5.32 Å². The maximum absolute atomic E-state index is 11.0. The van der Waals surface area contributed by atoms with E-state index in [0.717, 1.165) is 18.9 Å². The molecule has 0 amide bonds. The van der Waals surface area contributed by atoms with E-state index in [1.54, 1.807) is 0 Å². The number of hydrogen-bond acceptors (Lipinski definition) is 5. The van der Waals surface area contributed by atoms with Crippen LogP contribution in [0.3, 0.4) is 0 Å². The maximum atomic E-state index is 11.0. The Balaban J connectivity index is 3.14. The third kappa shape index (κ3) is 3.90. The second kappa shape index (κ2) is 5.64. The fourth-order valence-corrected chi connectivity index (χ4v) is 1.94. The highest BCUT2D eigenvalue weighted by molar-refractivity contribution is 5.66. The summed E-state index contributed by atoms with van der Waals surface area (Å²) in [4.78, 5) is 20.4. The van der Waals surface area contributed by atoms with Gasteiger partial charge in [0.05, 0.1) is 15.9 Å². The van der Waals surface area contributed by atoms with Crippen molar-refractivity contribution in [2.75, 3.05) is 5.32 Å². The van der Waals surface area contributed by atoms with E-state index in [2.05, 4.69) is 5.32 Å². The number of non-ortho nitro benzene ring substituents is 1. The fourth-order valence-electron chi connectivity index (χ4n) is 1.94. The molecule has 7 nitrogen and oxygen atoms in total. The van der Waals surface area contributed by atoms with Crippen LogP contribution in [0.1, 0.15) is 33.6 Å². The predicted molar refractivity (Wildman–Crippen MR) is 72.4 cm³/mol. The van der Waals surface area contributed by atoms with E-state index in [1.165, 1.54) is 12.1 Å². The lowest BCUT2D eigenvalue weighted by molar-refractivity contribution is -0.393. The summed E-state index contributed by atoms with van der Waals surface area (Å²) in [6.07, 6.45) is 1.77. The average molecular weight is 267 g/mol. The van der Waals surface area contributed by atoms with Crippen LogP contribution in [0.25, 0.3) is 0 Å². The van der Waals surface area contributed by atoms with Crippen LogP contribution in [0.5, 0.6) is 0 Å². The molecule has 0 aliphatic rings. The molecule has 104 valence electrons. The summed E-state index contributed by atoms with van der Waals surface area (Å²) in [5.74, 6) is 0. The first-order valence-electron chi connectivity index (χ1n) is 5.98. The Kier molecular flexibility index (Phi) is 4.42. The number of anilines is 1. The molecule has 0 atom stereocenters. The molecule has 0 unspecified atom stereocenters. The SMILES string of the molecule is CCCC(C)(C)Nc1ccc([N+](=O)[O-])cc1[N+](=O)[O-]. The molecule has 0 bridgehead atoms. The van der Waals surface area contributed by atoms with Crippen molar-refractivity contribution in [2.24, 2.45) is 0 Å². The van der Waals surface area contributed by atoms with Gasteiger partial charge in [0.15, 0.2) is 0 Å². The van der Waals surface area contributed by atoms with Crippen molar-refractivity contribution in [3.63, 3.8) is 0 Å². The summed E-state index contributed by atoms with van der Waals surface area (Å²) in [5, 5.41) is 24.7. The third-order valence-corrected chi connectivity index (χ3v) is 2.74. The second-order valence-electron chi connectivity index (χ2n) is 4.97. The largest absolute Gasteiger partial charge is 0.375 e. The van der Waals surface area contributed by atoms with E-state index >= 15 is 0 Å². The quantitative estimate of drug-likeness (QED) is 0.628. The van der Waals surface area contributed by atoms with Crippen molar-refractivity contribution < 1.29 is 9.85 Å². The highest BCUT2D eigenvalue weighted by atomic mass is 16.6. The van der Waals surface area contributed by atoms with E-state index in [1.807, 2.05) is 20.8 Å². The lowest BCUT2D eigenvalue weighted by Gasteiger charge is -2.26. The summed E-state index contributed by atoms with van der Waals surface area (Å²) in [7, 11) is 0. The number of nitro benzene ring substituents is 2. The van der Waals surface area contributed by atoms with Crippen molar-refractivity contribution in [3.05, 3.63) is 38.4 Å². The van der Waals surface area contributed by atoms with Crippen LogP contribution in [0, 0.1) is 20.2 Å². The first-order valence-corrected chi connectivity index (χ1v) is 5.98. The minimum Gasteiger partial charge on any atom is -0.375 e. The molecule has 1 aromatic rings. The maximum Gasteiger partial charge on any atom is 0.299 e. The lowest BCUT2D eigenvalue weighted by Crippen LogP contribution is -2.30. The van der Waals surface area contributed by atoms with Gasteiger partial charge in [0.2, 0.25) is 0 Å². The first kappa shape index (κ1) is 14.9. The number of nitrogens with zero attached hydrogens (tertiary/aromatic N) is 2. The van der Waals surface area contributed by atoms with Crippen LogP contribution in [0.4, 0.5) is 17.1 Å². The summed E-state index contributed by atoms with van der Waals surface area (Å²) in [5.41, 5.74) is -0.576. The Morgan fingerprint density at radius 2 is 1.84 bits per heavy atom. The van der Waals surface area contributed by atoms with E-state index in [9.17, 15) is 20.2 Å². The van der Waals surface area contributed by atoms with Gasteiger partial charge in [-0.25, -0.2) is 0 Å². The zero-order chi connectivity index (χ0) is 14.6. The Morgan fingerprint density at radius 3 is 2.32 bits per heavy atom. The standard InChI is InChI=1S/C12H17N3O4/c1-4-7-12(2,3)13-10-6-5-9(14(16)17)8-11(10)15(18)19/h5-6,8,13H,4,7H2,1-3H3. The zero-order valence-electron chi connectivity index (χ0n) is 11.2. The molecule has 0 aliphatic heterocycles. The van der Waals surface area contributed by atoms with Gasteiger partial charge in [-0.3, -0.25) is 20.2 Å². The van der Waals surface area contributed by atoms with Gasteiger partial charge in [0, 0.05) is 11.6 Å². The second-order valence-corrected chi connectivity index (χ2v) is 4.97. The molecule has 0 saturated heterocycles. The highest BCUT2D eigenvalue weighted by Gasteiger charge is 2.24. The highest BCUT2D eigenvalue weighted by Crippen LogP contribution is 2.31. The summed E-state index contributed by atoms with van der Waals surface area (Å²) >= 11 is 0. The molecule has 1 aromatic carbocycles. The number of nitrogens with one attached hydrogen (secondary N) is 1. The molecular formula is C12H17N3O4. The molecule has 1 rings (SSSR count). The minimum absolute atomic E-state index is 0.279. The fraction of sp³-hybridized carbons (Fsp3) is 0.500. The van der Waals surface area contributed by atoms with E-state index in [-0.39, 0.29) is 16.9 Å². The van der Waals surface area contributed by atoms with Gasteiger partial charge in [-0.1, -0.05) is 13.3 Å². The van der Waals surface area contributed by atoms with Crippen molar-refractivity contribution in [1.29, 1.82) is 0 Å². The summed E-state index contributed by atoms with van der Waals surface area (Å²) < 4.78 is 0. The van der Waals surface area contributed by atoms with E-state index in [0.29, 0.717) is 5.69 Å². The lowest BCUT2D eigenvalue weighted by atomic mass is 9.98. The van der Waals surface area contributed by atoms with Gasteiger partial charge in [-0.15, -0.1) is 0 Å². The van der Waals surface area contributed by atoms with Crippen LogP contribution in [-0.4, -0.2) is 15.4 Å². The Labute approximate surface area is 110 Å².